The summed E-state index contributed by atoms with van der Waals surface area (Å²) >= 11 is 0. The van der Waals surface area contributed by atoms with Gasteiger partial charge >= 0.3 is 0 Å². The van der Waals surface area contributed by atoms with E-state index in [-0.39, 0.29) is 49.6 Å². The Balaban J connectivity index is 1.34. The predicted octanol–water partition coefficient (Wildman–Crippen LogP) is 0.696. The van der Waals surface area contributed by atoms with E-state index in [1.807, 2.05) is 0 Å². The molecule has 2 amide bonds. The number of nitrogens with zero attached hydrogens (tertiary/aromatic N) is 5. The molecule has 0 saturated carbocycles. The predicted molar refractivity (Wildman–Crippen MR) is 103 cm³/mol. The Morgan fingerprint density at radius 3 is 2.39 bits per heavy atom. The Bertz CT molecular complexity index is 968. The fourth-order valence-corrected chi connectivity index (χ4v) is 3.80. The summed E-state index contributed by atoms with van der Waals surface area (Å²) in [4.78, 5) is 28.2. The molecule has 2 aromatic rings. The lowest BCUT2D eigenvalue weighted by atomic mass is 9.91. The molecule has 0 spiro atoms. The standard InChI is InChI=1S/C20H23F2N5O4/c21-15-2-1-14(11-16(15)22)18(28)25-5-3-20(30,4-6-25)13-27-12-17(23-24-27)19(29)26-7-9-31-10-8-26/h1-2,11-12,30H,3-10,13H2. The van der Waals surface area contributed by atoms with Crippen molar-refractivity contribution in [3.05, 3.63) is 47.3 Å². The highest BCUT2D eigenvalue weighted by Gasteiger charge is 2.35. The topological polar surface area (TPSA) is 101 Å². The highest BCUT2D eigenvalue weighted by molar-refractivity contribution is 5.94. The molecule has 1 aromatic heterocycles. The van der Waals surface area contributed by atoms with Gasteiger partial charge in [0.15, 0.2) is 17.3 Å². The zero-order chi connectivity index (χ0) is 22.0. The Labute approximate surface area is 177 Å². The molecule has 4 rings (SSSR count). The Morgan fingerprint density at radius 2 is 1.71 bits per heavy atom. The van der Waals surface area contributed by atoms with Gasteiger partial charge in [0.25, 0.3) is 11.8 Å². The normalized spacial score (nSPS) is 18.8. The fourth-order valence-electron chi connectivity index (χ4n) is 3.80. The molecule has 1 N–H and O–H groups in total. The van der Waals surface area contributed by atoms with Gasteiger partial charge in [-0.25, -0.2) is 13.5 Å². The van der Waals surface area contributed by atoms with Crippen LogP contribution in [0.5, 0.6) is 0 Å². The van der Waals surface area contributed by atoms with E-state index in [0.29, 0.717) is 26.3 Å². The molecular weight excluding hydrogens is 412 g/mol. The van der Waals surface area contributed by atoms with Gasteiger partial charge < -0.3 is 19.6 Å². The second kappa shape index (κ2) is 8.67. The van der Waals surface area contributed by atoms with Crippen LogP contribution in [0.4, 0.5) is 8.78 Å². The van der Waals surface area contributed by atoms with Gasteiger partial charge in [-0.2, -0.15) is 0 Å². The molecule has 2 aliphatic rings. The van der Waals surface area contributed by atoms with Gasteiger partial charge in [-0.1, -0.05) is 5.21 Å². The van der Waals surface area contributed by atoms with Crippen LogP contribution in [0.2, 0.25) is 0 Å². The largest absolute Gasteiger partial charge is 0.388 e. The van der Waals surface area contributed by atoms with E-state index in [4.69, 9.17) is 4.74 Å². The number of halogens is 2. The van der Waals surface area contributed by atoms with Gasteiger partial charge in [-0.3, -0.25) is 9.59 Å². The van der Waals surface area contributed by atoms with Crippen LogP contribution in [-0.4, -0.2) is 86.7 Å². The molecule has 0 atom stereocenters. The molecule has 9 nitrogen and oxygen atoms in total. The molecule has 166 valence electrons. The van der Waals surface area contributed by atoms with Gasteiger partial charge in [-0.05, 0) is 31.0 Å². The molecule has 11 heteroatoms. The fraction of sp³-hybridized carbons (Fsp3) is 0.500. The van der Waals surface area contributed by atoms with Crippen molar-refractivity contribution in [2.24, 2.45) is 0 Å². The van der Waals surface area contributed by atoms with E-state index in [0.717, 1.165) is 12.1 Å². The van der Waals surface area contributed by atoms with Crippen molar-refractivity contribution >= 4 is 11.8 Å². The van der Waals surface area contributed by atoms with E-state index in [9.17, 15) is 23.5 Å². The number of carbonyl (C=O) groups excluding carboxylic acids is 2. The number of morpholine rings is 1. The van der Waals surface area contributed by atoms with Crippen molar-refractivity contribution in [3.63, 3.8) is 0 Å². The van der Waals surface area contributed by atoms with Crippen molar-refractivity contribution in [2.75, 3.05) is 39.4 Å². The number of aliphatic hydroxyl groups is 1. The highest BCUT2D eigenvalue weighted by atomic mass is 19.2. The molecule has 0 radical (unpaired) electrons. The van der Waals surface area contributed by atoms with Crippen LogP contribution < -0.4 is 0 Å². The quantitative estimate of drug-likeness (QED) is 0.759. The highest BCUT2D eigenvalue weighted by Crippen LogP contribution is 2.25. The maximum absolute atomic E-state index is 13.4. The monoisotopic (exact) mass is 435 g/mol. The van der Waals surface area contributed by atoms with Crippen molar-refractivity contribution in [3.8, 4) is 0 Å². The van der Waals surface area contributed by atoms with Crippen LogP contribution in [0, 0.1) is 11.6 Å². The number of hydrogen-bond acceptors (Lipinski definition) is 6. The molecule has 31 heavy (non-hydrogen) atoms. The van der Waals surface area contributed by atoms with Crippen LogP contribution in [0.3, 0.4) is 0 Å². The number of benzene rings is 1. The summed E-state index contributed by atoms with van der Waals surface area (Å²) in [6.45, 7) is 2.60. The lowest BCUT2D eigenvalue weighted by molar-refractivity contribution is -0.0318. The minimum atomic E-state index is -1.13. The maximum Gasteiger partial charge on any atom is 0.276 e. The van der Waals surface area contributed by atoms with E-state index in [2.05, 4.69) is 10.3 Å². The van der Waals surface area contributed by atoms with E-state index in [1.165, 1.54) is 21.8 Å². The molecule has 2 saturated heterocycles. The van der Waals surface area contributed by atoms with Gasteiger partial charge in [0.2, 0.25) is 0 Å². The van der Waals surface area contributed by atoms with E-state index < -0.39 is 23.1 Å². The number of hydrogen-bond donors (Lipinski definition) is 1. The lowest BCUT2D eigenvalue weighted by Crippen LogP contribution is -2.48. The number of amides is 2. The van der Waals surface area contributed by atoms with Crippen LogP contribution >= 0.6 is 0 Å². The summed E-state index contributed by atoms with van der Waals surface area (Å²) in [6.07, 6.45) is 2.05. The molecule has 2 aliphatic heterocycles. The van der Waals surface area contributed by atoms with Crippen LogP contribution in [0.15, 0.2) is 24.4 Å². The molecule has 0 unspecified atom stereocenters. The Hall–Kier alpha value is -2.92. The van der Waals surface area contributed by atoms with E-state index in [1.54, 1.807) is 4.90 Å². The summed E-state index contributed by atoms with van der Waals surface area (Å²) in [6, 6.07) is 3.04. The summed E-state index contributed by atoms with van der Waals surface area (Å²) < 4.78 is 33.2. The first-order valence-corrected chi connectivity index (χ1v) is 10.1. The zero-order valence-corrected chi connectivity index (χ0v) is 16.8. The number of ether oxygens (including phenoxy) is 1. The smallest absolute Gasteiger partial charge is 0.276 e. The summed E-state index contributed by atoms with van der Waals surface area (Å²) in [5.41, 5.74) is -0.860. The van der Waals surface area contributed by atoms with Gasteiger partial charge in [0, 0.05) is 31.7 Å². The summed E-state index contributed by atoms with van der Waals surface area (Å²) in [7, 11) is 0. The van der Waals surface area contributed by atoms with Crippen molar-refractivity contribution < 1.29 is 28.2 Å². The minimum absolute atomic E-state index is 0.0619. The molecule has 0 aliphatic carbocycles. The van der Waals surface area contributed by atoms with Gasteiger partial charge in [0.1, 0.15) is 0 Å². The second-order valence-electron chi connectivity index (χ2n) is 7.85. The lowest BCUT2D eigenvalue weighted by Gasteiger charge is -2.38. The minimum Gasteiger partial charge on any atom is -0.388 e. The molecule has 2 fully saturated rings. The first-order valence-electron chi connectivity index (χ1n) is 10.1. The van der Waals surface area contributed by atoms with Crippen LogP contribution in [0.1, 0.15) is 33.7 Å². The third-order valence-electron chi connectivity index (χ3n) is 5.66. The molecule has 1 aromatic carbocycles. The van der Waals surface area contributed by atoms with Crippen LogP contribution in [-0.2, 0) is 11.3 Å². The number of piperidine rings is 1. The van der Waals surface area contributed by atoms with Crippen molar-refractivity contribution in [2.45, 2.75) is 25.0 Å². The SMILES string of the molecule is O=C(c1ccc(F)c(F)c1)N1CCC(O)(Cn2cc(C(=O)N3CCOCC3)nn2)CC1. The zero-order valence-electron chi connectivity index (χ0n) is 16.8. The van der Waals surface area contributed by atoms with Gasteiger partial charge in [-0.15, -0.1) is 5.10 Å². The van der Waals surface area contributed by atoms with Crippen LogP contribution in [0.25, 0.3) is 0 Å². The first kappa shape index (κ1) is 21.3. The summed E-state index contributed by atoms with van der Waals surface area (Å²) in [5.74, 6) is -2.73. The Morgan fingerprint density at radius 1 is 1.03 bits per heavy atom. The molecule has 0 bridgehead atoms. The average Bonchev–Trinajstić information content (AvgIpc) is 3.23. The molecule has 3 heterocycles. The van der Waals surface area contributed by atoms with Crippen molar-refractivity contribution in [1.82, 2.24) is 24.8 Å². The van der Waals surface area contributed by atoms with Gasteiger partial charge in [0.05, 0.1) is 31.6 Å². The molecular formula is C20H23F2N5O4. The number of carbonyl (C=O) groups is 2. The van der Waals surface area contributed by atoms with Crippen molar-refractivity contribution in [1.29, 1.82) is 0 Å². The Kier molecular flexibility index (Phi) is 5.96. The number of aromatic nitrogens is 3. The average molecular weight is 435 g/mol. The summed E-state index contributed by atoms with van der Waals surface area (Å²) in [5, 5.41) is 18.8. The second-order valence-corrected chi connectivity index (χ2v) is 7.85. The van der Waals surface area contributed by atoms with E-state index >= 15 is 0 Å². The first-order chi connectivity index (χ1) is 14.8. The number of rotatable bonds is 4. The number of likely N-dealkylation sites (tertiary alicyclic amines) is 1. The maximum atomic E-state index is 13.4. The third kappa shape index (κ3) is 4.72. The third-order valence-corrected chi connectivity index (χ3v) is 5.66.